The van der Waals surface area contributed by atoms with E-state index in [1.807, 2.05) is 30.3 Å². The van der Waals surface area contributed by atoms with Crippen LogP contribution in [-0.4, -0.2) is 83.7 Å². The molecular weight excluding hydrogens is 442 g/mol. The number of ether oxygens (including phenoxy) is 2. The van der Waals surface area contributed by atoms with Gasteiger partial charge in [0, 0.05) is 44.2 Å². The van der Waals surface area contributed by atoms with Crippen LogP contribution in [0.4, 0.5) is 0 Å². The second-order valence-electron chi connectivity index (χ2n) is 9.24. The quantitative estimate of drug-likeness (QED) is 0.520. The van der Waals surface area contributed by atoms with Crippen molar-refractivity contribution in [3.05, 3.63) is 81.8 Å². The number of hydrogen-bond acceptors (Lipinski definition) is 7. The molecule has 5 rings (SSSR count). The first-order valence-corrected chi connectivity index (χ1v) is 12.4. The summed E-state index contributed by atoms with van der Waals surface area (Å²) in [7, 11) is 0. The molecule has 2 saturated heterocycles. The zero-order chi connectivity index (χ0) is 24.0. The molecule has 2 aliphatic rings. The number of aryl methyl sites for hydroxylation is 1. The molecule has 2 fully saturated rings. The Hall–Kier alpha value is -2.91. The lowest BCUT2D eigenvalue weighted by molar-refractivity contribution is 0.0202. The summed E-state index contributed by atoms with van der Waals surface area (Å²) in [4.78, 5) is 23.4. The predicted octanol–water partition coefficient (Wildman–Crippen LogP) is 2.37. The van der Waals surface area contributed by atoms with Crippen LogP contribution in [0.5, 0.6) is 0 Å². The first kappa shape index (κ1) is 23.8. The summed E-state index contributed by atoms with van der Waals surface area (Å²) in [6, 6.07) is 18.4. The Morgan fingerprint density at radius 3 is 2.14 bits per heavy atom. The molecule has 0 spiro atoms. The minimum atomic E-state index is -0.164. The molecule has 0 aliphatic carbocycles. The van der Waals surface area contributed by atoms with Gasteiger partial charge in [-0.25, -0.2) is 9.67 Å². The summed E-state index contributed by atoms with van der Waals surface area (Å²) in [6.07, 6.45) is 0. The molecule has 0 N–H and O–H groups in total. The molecule has 0 radical (unpaired) electrons. The van der Waals surface area contributed by atoms with Gasteiger partial charge in [0.2, 0.25) is 0 Å². The van der Waals surface area contributed by atoms with E-state index in [2.05, 4.69) is 41.0 Å². The van der Waals surface area contributed by atoms with Crippen molar-refractivity contribution in [2.45, 2.75) is 19.5 Å². The van der Waals surface area contributed by atoms with E-state index in [1.165, 1.54) is 5.56 Å². The van der Waals surface area contributed by atoms with Gasteiger partial charge in [-0.05, 0) is 12.5 Å². The summed E-state index contributed by atoms with van der Waals surface area (Å²) < 4.78 is 12.7. The van der Waals surface area contributed by atoms with Crippen LogP contribution in [0, 0.1) is 6.92 Å². The van der Waals surface area contributed by atoms with Crippen LogP contribution in [0.15, 0.2) is 59.4 Å². The van der Waals surface area contributed by atoms with E-state index < -0.39 is 0 Å². The van der Waals surface area contributed by atoms with Gasteiger partial charge < -0.3 is 9.47 Å². The molecular formula is C27H33N5O3. The Bertz CT molecular complexity index is 1150. The van der Waals surface area contributed by atoms with E-state index in [0.717, 1.165) is 37.3 Å². The summed E-state index contributed by atoms with van der Waals surface area (Å²) >= 11 is 0. The molecule has 35 heavy (non-hydrogen) atoms. The fraction of sp³-hybridized carbons (Fsp3) is 0.444. The standard InChI is InChI=1S/C27H33N5O3/c1-21-7-9-22(10-8-21)24(19-30-11-15-34-16-12-30)25-27(33)32(20-31-13-17-35-18-14-31)29-26(28-25)23-5-3-2-4-6-23/h2-10,24H,11-20H2,1H3/t24-/m1/s1. The highest BCUT2D eigenvalue weighted by Crippen LogP contribution is 2.25. The Balaban J connectivity index is 1.59. The van der Waals surface area contributed by atoms with Crippen LogP contribution in [-0.2, 0) is 16.1 Å². The van der Waals surface area contributed by atoms with Crippen LogP contribution < -0.4 is 5.56 Å². The zero-order valence-corrected chi connectivity index (χ0v) is 20.3. The smallest absolute Gasteiger partial charge is 0.290 e. The highest BCUT2D eigenvalue weighted by atomic mass is 16.5. The normalized spacial score (nSPS) is 18.4. The predicted molar refractivity (Wildman–Crippen MR) is 134 cm³/mol. The van der Waals surface area contributed by atoms with E-state index in [0.29, 0.717) is 51.2 Å². The summed E-state index contributed by atoms with van der Waals surface area (Å²) in [5.41, 5.74) is 3.60. The van der Waals surface area contributed by atoms with Gasteiger partial charge in [-0.15, -0.1) is 5.10 Å². The first-order chi connectivity index (χ1) is 17.2. The first-order valence-electron chi connectivity index (χ1n) is 12.4. The number of benzene rings is 2. The fourth-order valence-electron chi connectivity index (χ4n) is 4.63. The Morgan fingerprint density at radius 1 is 0.857 bits per heavy atom. The Kier molecular flexibility index (Phi) is 7.63. The largest absolute Gasteiger partial charge is 0.379 e. The van der Waals surface area contributed by atoms with Gasteiger partial charge in [0.15, 0.2) is 5.82 Å². The van der Waals surface area contributed by atoms with Gasteiger partial charge in [0.25, 0.3) is 5.56 Å². The minimum absolute atomic E-state index is 0.130. The molecule has 1 aromatic heterocycles. The Morgan fingerprint density at radius 2 is 1.49 bits per heavy atom. The molecule has 0 amide bonds. The zero-order valence-electron chi connectivity index (χ0n) is 20.3. The molecule has 3 aromatic rings. The molecule has 3 heterocycles. The third-order valence-corrected chi connectivity index (χ3v) is 6.72. The maximum atomic E-state index is 13.9. The molecule has 8 heteroatoms. The average molecular weight is 476 g/mol. The van der Waals surface area contributed by atoms with Crippen molar-refractivity contribution in [2.24, 2.45) is 0 Å². The number of morpholine rings is 2. The third kappa shape index (κ3) is 5.85. The summed E-state index contributed by atoms with van der Waals surface area (Å²) in [5.74, 6) is 0.412. The second kappa shape index (κ2) is 11.2. The number of nitrogens with zero attached hydrogens (tertiary/aromatic N) is 5. The van der Waals surface area contributed by atoms with Crippen molar-refractivity contribution < 1.29 is 9.47 Å². The molecule has 2 aromatic carbocycles. The summed E-state index contributed by atoms with van der Waals surface area (Å²) in [5, 5.41) is 4.71. The van der Waals surface area contributed by atoms with Crippen LogP contribution in [0.3, 0.4) is 0 Å². The van der Waals surface area contributed by atoms with E-state index >= 15 is 0 Å². The van der Waals surface area contributed by atoms with E-state index in [4.69, 9.17) is 19.6 Å². The average Bonchev–Trinajstić information content (AvgIpc) is 2.91. The molecule has 0 saturated carbocycles. The highest BCUT2D eigenvalue weighted by Gasteiger charge is 2.26. The van der Waals surface area contributed by atoms with Crippen molar-refractivity contribution in [1.82, 2.24) is 24.6 Å². The number of aromatic nitrogens is 3. The van der Waals surface area contributed by atoms with Crippen molar-refractivity contribution in [1.29, 1.82) is 0 Å². The number of hydrogen-bond donors (Lipinski definition) is 0. The van der Waals surface area contributed by atoms with E-state index in [9.17, 15) is 4.79 Å². The van der Waals surface area contributed by atoms with Gasteiger partial charge in [0.05, 0.1) is 33.1 Å². The lowest BCUT2D eigenvalue weighted by Gasteiger charge is -2.31. The van der Waals surface area contributed by atoms with Crippen LogP contribution in [0.1, 0.15) is 22.7 Å². The van der Waals surface area contributed by atoms with Gasteiger partial charge in [0.1, 0.15) is 5.69 Å². The molecule has 184 valence electrons. The van der Waals surface area contributed by atoms with Crippen LogP contribution >= 0.6 is 0 Å². The van der Waals surface area contributed by atoms with Gasteiger partial charge in [-0.3, -0.25) is 14.6 Å². The Labute approximate surface area is 206 Å². The van der Waals surface area contributed by atoms with Crippen molar-refractivity contribution in [2.75, 3.05) is 59.2 Å². The maximum absolute atomic E-state index is 13.9. The topological polar surface area (TPSA) is 72.7 Å². The monoisotopic (exact) mass is 475 g/mol. The lowest BCUT2D eigenvalue weighted by atomic mass is 9.94. The SMILES string of the molecule is Cc1ccc([C@@H](CN2CCOCC2)c2nc(-c3ccccc3)nn(CN3CCOCC3)c2=O)cc1. The molecule has 1 atom stereocenters. The summed E-state index contributed by atoms with van der Waals surface area (Å²) in [6.45, 7) is 9.23. The number of rotatable bonds is 7. The van der Waals surface area contributed by atoms with Crippen LogP contribution in [0.2, 0.25) is 0 Å². The van der Waals surface area contributed by atoms with Gasteiger partial charge in [-0.2, -0.15) is 0 Å². The van der Waals surface area contributed by atoms with Crippen molar-refractivity contribution in [3.8, 4) is 11.4 Å². The van der Waals surface area contributed by atoms with E-state index in [-0.39, 0.29) is 11.5 Å². The molecule has 0 bridgehead atoms. The third-order valence-electron chi connectivity index (χ3n) is 6.72. The fourth-order valence-corrected chi connectivity index (χ4v) is 4.63. The van der Waals surface area contributed by atoms with Crippen molar-refractivity contribution >= 4 is 0 Å². The van der Waals surface area contributed by atoms with Gasteiger partial charge in [-0.1, -0.05) is 60.2 Å². The second-order valence-corrected chi connectivity index (χ2v) is 9.24. The lowest BCUT2D eigenvalue weighted by Crippen LogP contribution is -2.43. The van der Waals surface area contributed by atoms with Crippen LogP contribution in [0.25, 0.3) is 11.4 Å². The molecule has 8 nitrogen and oxygen atoms in total. The van der Waals surface area contributed by atoms with E-state index in [1.54, 1.807) is 4.68 Å². The molecule has 0 unspecified atom stereocenters. The maximum Gasteiger partial charge on any atom is 0.290 e. The molecule has 2 aliphatic heterocycles. The van der Waals surface area contributed by atoms with Gasteiger partial charge >= 0.3 is 0 Å². The van der Waals surface area contributed by atoms with Crippen molar-refractivity contribution in [3.63, 3.8) is 0 Å². The highest BCUT2D eigenvalue weighted by molar-refractivity contribution is 5.54. The minimum Gasteiger partial charge on any atom is -0.379 e.